The van der Waals surface area contributed by atoms with Gasteiger partial charge in [-0.25, -0.2) is 0 Å². The summed E-state index contributed by atoms with van der Waals surface area (Å²) in [5, 5.41) is 16.2. The molecule has 3 fully saturated rings. The summed E-state index contributed by atoms with van der Waals surface area (Å²) in [6.45, 7) is 14.3. The molecule has 0 unspecified atom stereocenters. The molecule has 1 saturated carbocycles. The molecule has 5 rings (SSSR count). The third-order valence-corrected chi connectivity index (χ3v) is 9.52. The summed E-state index contributed by atoms with van der Waals surface area (Å²) in [6.07, 6.45) is 2.98. The number of morpholine rings is 1. The van der Waals surface area contributed by atoms with E-state index in [0.29, 0.717) is 21.9 Å². The Labute approximate surface area is 243 Å². The van der Waals surface area contributed by atoms with Gasteiger partial charge in [-0.1, -0.05) is 51.4 Å². The van der Waals surface area contributed by atoms with Crippen LogP contribution in [0.5, 0.6) is 5.75 Å². The molecule has 2 aromatic carbocycles. The second-order valence-corrected chi connectivity index (χ2v) is 13.2. The number of nitrogens with zero attached hydrogens (tertiary/aromatic N) is 2. The van der Waals surface area contributed by atoms with Crippen LogP contribution in [0.1, 0.15) is 62.0 Å². The Morgan fingerprint density at radius 2 is 1.85 bits per heavy atom. The van der Waals surface area contributed by atoms with E-state index in [2.05, 4.69) is 61.4 Å². The van der Waals surface area contributed by atoms with Crippen LogP contribution in [0.15, 0.2) is 42.5 Å². The van der Waals surface area contributed by atoms with Crippen molar-refractivity contribution in [2.75, 3.05) is 39.3 Å². The molecule has 0 aromatic heterocycles. The van der Waals surface area contributed by atoms with Crippen LogP contribution >= 0.6 is 11.6 Å². The SMILES string of the molecule is CC1(C)[C@H](NC(=O)c2ccc(CCN3CCOC4(CCNCC4)C3)cc2)C(C)(C)[C@H]1Oc1ccc(C#N)c(Cl)c1. The second kappa shape index (κ2) is 11.3. The van der Waals surface area contributed by atoms with Gasteiger partial charge < -0.3 is 20.1 Å². The number of carbonyl (C=O) groups excluding carboxylic acids is 1. The Morgan fingerprint density at radius 3 is 2.50 bits per heavy atom. The van der Waals surface area contributed by atoms with Gasteiger partial charge >= 0.3 is 0 Å². The Hall–Kier alpha value is -2.63. The maximum absolute atomic E-state index is 13.3. The largest absolute Gasteiger partial charge is 0.489 e. The van der Waals surface area contributed by atoms with Crippen molar-refractivity contribution in [3.63, 3.8) is 0 Å². The average Bonchev–Trinajstić information content (AvgIpc) is 2.94. The number of nitriles is 1. The van der Waals surface area contributed by atoms with E-state index >= 15 is 0 Å². The van der Waals surface area contributed by atoms with Gasteiger partial charge in [0.05, 0.1) is 22.8 Å². The molecule has 0 bridgehead atoms. The fourth-order valence-electron chi connectivity index (χ4n) is 7.22. The highest BCUT2D eigenvalue weighted by Crippen LogP contribution is 2.55. The van der Waals surface area contributed by atoms with E-state index in [-0.39, 0.29) is 34.5 Å². The first kappa shape index (κ1) is 28.9. The van der Waals surface area contributed by atoms with Crippen LogP contribution in [0.3, 0.4) is 0 Å². The minimum Gasteiger partial charge on any atom is -0.489 e. The van der Waals surface area contributed by atoms with Crippen LogP contribution in [-0.2, 0) is 11.2 Å². The van der Waals surface area contributed by atoms with E-state index in [4.69, 9.17) is 26.3 Å². The quantitative estimate of drug-likeness (QED) is 0.501. The molecule has 0 radical (unpaired) electrons. The lowest BCUT2D eigenvalue weighted by Crippen LogP contribution is -2.74. The van der Waals surface area contributed by atoms with Crippen LogP contribution in [0, 0.1) is 22.2 Å². The molecular weight excluding hydrogens is 524 g/mol. The topological polar surface area (TPSA) is 86.6 Å². The number of benzene rings is 2. The number of amides is 1. The summed E-state index contributed by atoms with van der Waals surface area (Å²) in [7, 11) is 0. The molecule has 2 aliphatic heterocycles. The molecule has 2 saturated heterocycles. The van der Waals surface area contributed by atoms with Crippen LogP contribution < -0.4 is 15.4 Å². The van der Waals surface area contributed by atoms with Crippen LogP contribution in [0.4, 0.5) is 0 Å². The minimum atomic E-state index is -0.302. The molecule has 214 valence electrons. The van der Waals surface area contributed by atoms with Crippen LogP contribution in [0.2, 0.25) is 5.02 Å². The molecular formula is C32H41ClN4O3. The van der Waals surface area contributed by atoms with Gasteiger partial charge in [0.25, 0.3) is 5.91 Å². The lowest BCUT2D eigenvalue weighted by molar-refractivity contribution is -0.164. The normalized spacial score (nSPS) is 25.0. The predicted octanol–water partition coefficient (Wildman–Crippen LogP) is 4.82. The number of hydrogen-bond donors (Lipinski definition) is 2. The molecule has 3 aliphatic rings. The van der Waals surface area contributed by atoms with E-state index in [1.807, 2.05) is 12.1 Å². The molecule has 2 heterocycles. The Balaban J connectivity index is 1.15. The lowest BCUT2D eigenvalue weighted by atomic mass is 9.49. The molecule has 2 N–H and O–H groups in total. The van der Waals surface area contributed by atoms with Crippen molar-refractivity contribution in [2.24, 2.45) is 10.8 Å². The van der Waals surface area contributed by atoms with Gasteiger partial charge in [-0.05, 0) is 62.2 Å². The number of carbonyl (C=O) groups is 1. The van der Waals surface area contributed by atoms with Gasteiger partial charge in [-0.2, -0.15) is 5.26 Å². The van der Waals surface area contributed by atoms with Crippen LogP contribution in [-0.4, -0.2) is 67.9 Å². The van der Waals surface area contributed by atoms with Gasteiger partial charge in [0.1, 0.15) is 17.9 Å². The lowest BCUT2D eigenvalue weighted by Gasteiger charge is -2.63. The van der Waals surface area contributed by atoms with Crippen molar-refractivity contribution in [2.45, 2.75) is 64.7 Å². The van der Waals surface area contributed by atoms with E-state index in [1.54, 1.807) is 18.2 Å². The highest BCUT2D eigenvalue weighted by molar-refractivity contribution is 6.31. The number of nitrogens with one attached hydrogen (secondary N) is 2. The Kier molecular flexibility index (Phi) is 8.18. The fraction of sp³-hybridized carbons (Fsp3) is 0.562. The molecule has 8 heteroatoms. The van der Waals surface area contributed by atoms with E-state index < -0.39 is 0 Å². The van der Waals surface area contributed by atoms with Gasteiger partial charge in [0, 0.05) is 48.1 Å². The second-order valence-electron chi connectivity index (χ2n) is 12.8. The summed E-state index contributed by atoms with van der Waals surface area (Å²) < 4.78 is 12.6. The van der Waals surface area contributed by atoms with E-state index in [1.165, 1.54) is 5.56 Å². The standard InChI is InChI=1S/C32H41ClN4O3/c1-30(2)28(31(3,4)29(30)40-25-10-9-24(20-34)26(33)19-25)36-27(38)23-7-5-22(6-8-23)11-16-37-17-18-39-32(21-37)12-14-35-15-13-32/h5-10,19,28-29,35H,11-18,21H2,1-4H3,(H,36,38)/t28-,29-. The van der Waals surface area contributed by atoms with Gasteiger partial charge in [0.2, 0.25) is 0 Å². The third-order valence-electron chi connectivity index (χ3n) is 9.21. The summed E-state index contributed by atoms with van der Waals surface area (Å²) in [5.74, 6) is 0.553. The van der Waals surface area contributed by atoms with Crippen molar-refractivity contribution in [1.82, 2.24) is 15.5 Å². The maximum Gasteiger partial charge on any atom is 0.251 e. The zero-order valence-electron chi connectivity index (χ0n) is 24.1. The van der Waals surface area contributed by atoms with Crippen molar-refractivity contribution in [3.8, 4) is 11.8 Å². The average molecular weight is 565 g/mol. The maximum atomic E-state index is 13.3. The number of rotatable bonds is 7. The van der Waals surface area contributed by atoms with Crippen molar-refractivity contribution < 1.29 is 14.3 Å². The zero-order valence-corrected chi connectivity index (χ0v) is 24.8. The van der Waals surface area contributed by atoms with Crippen molar-refractivity contribution in [1.29, 1.82) is 5.26 Å². The molecule has 1 amide bonds. The summed E-state index contributed by atoms with van der Waals surface area (Å²) >= 11 is 6.21. The first-order valence-corrected chi connectivity index (χ1v) is 14.8. The smallest absolute Gasteiger partial charge is 0.251 e. The minimum absolute atomic E-state index is 0.0215. The van der Waals surface area contributed by atoms with Crippen LogP contribution in [0.25, 0.3) is 0 Å². The molecule has 7 nitrogen and oxygen atoms in total. The zero-order chi connectivity index (χ0) is 28.5. The molecule has 40 heavy (non-hydrogen) atoms. The first-order chi connectivity index (χ1) is 19.0. The highest BCUT2D eigenvalue weighted by atomic mass is 35.5. The van der Waals surface area contributed by atoms with Crippen molar-refractivity contribution >= 4 is 17.5 Å². The summed E-state index contributed by atoms with van der Waals surface area (Å²) in [5.41, 5.74) is 1.74. The highest BCUT2D eigenvalue weighted by Gasteiger charge is 2.64. The van der Waals surface area contributed by atoms with E-state index in [9.17, 15) is 4.79 Å². The number of piperidine rings is 1. The summed E-state index contributed by atoms with van der Waals surface area (Å²) in [6, 6.07) is 15.1. The molecule has 0 atom stereocenters. The Morgan fingerprint density at radius 1 is 1.15 bits per heavy atom. The van der Waals surface area contributed by atoms with Gasteiger partial charge in [0.15, 0.2) is 0 Å². The fourth-order valence-corrected chi connectivity index (χ4v) is 7.43. The first-order valence-electron chi connectivity index (χ1n) is 14.4. The number of ether oxygens (including phenoxy) is 2. The molecule has 1 spiro atoms. The number of hydrogen-bond acceptors (Lipinski definition) is 6. The Bertz CT molecular complexity index is 1240. The molecule has 2 aromatic rings. The third kappa shape index (κ3) is 5.73. The van der Waals surface area contributed by atoms with E-state index in [0.717, 1.165) is 58.6 Å². The monoisotopic (exact) mass is 564 g/mol. The van der Waals surface area contributed by atoms with Crippen molar-refractivity contribution in [3.05, 3.63) is 64.2 Å². The summed E-state index contributed by atoms with van der Waals surface area (Å²) in [4.78, 5) is 15.8. The van der Waals surface area contributed by atoms with Gasteiger partial charge in [-0.3, -0.25) is 9.69 Å². The van der Waals surface area contributed by atoms with Gasteiger partial charge in [-0.15, -0.1) is 0 Å². The molecule has 1 aliphatic carbocycles. The number of halogens is 1. The predicted molar refractivity (Wildman–Crippen MR) is 157 cm³/mol.